The number of aryl methyl sites for hydroxylation is 2. The molecular formula is C12H17NO2S. The highest BCUT2D eigenvalue weighted by atomic mass is 32.1. The number of hydrogen-bond acceptors (Lipinski definition) is 3. The van der Waals surface area contributed by atoms with E-state index in [4.69, 9.17) is 5.11 Å². The van der Waals surface area contributed by atoms with Crippen LogP contribution in [-0.2, 0) is 11.3 Å². The average Bonchev–Trinajstić information content (AvgIpc) is 2.43. The van der Waals surface area contributed by atoms with Crippen LogP contribution in [0.3, 0.4) is 0 Å². The maximum atomic E-state index is 10.8. The maximum absolute atomic E-state index is 10.8. The highest BCUT2D eigenvalue weighted by Gasteiger charge is 2.35. The highest BCUT2D eigenvalue weighted by molar-refractivity contribution is 7.12. The summed E-state index contributed by atoms with van der Waals surface area (Å²) in [5, 5.41) is 12.2. The lowest BCUT2D eigenvalue weighted by Gasteiger charge is -2.34. The molecule has 1 aromatic heterocycles. The van der Waals surface area contributed by atoms with E-state index in [0.29, 0.717) is 0 Å². The molecule has 1 fully saturated rings. The zero-order valence-corrected chi connectivity index (χ0v) is 10.4. The van der Waals surface area contributed by atoms with Gasteiger partial charge >= 0.3 is 5.97 Å². The second kappa shape index (κ2) is 4.55. The topological polar surface area (TPSA) is 49.3 Å². The molecule has 1 heterocycles. The van der Waals surface area contributed by atoms with E-state index in [2.05, 4.69) is 25.2 Å². The van der Waals surface area contributed by atoms with Crippen LogP contribution in [0, 0.1) is 19.8 Å². The molecule has 0 spiro atoms. The van der Waals surface area contributed by atoms with Crippen molar-refractivity contribution in [3.63, 3.8) is 0 Å². The van der Waals surface area contributed by atoms with E-state index in [1.165, 1.54) is 15.3 Å². The molecule has 2 N–H and O–H groups in total. The Morgan fingerprint density at radius 2 is 2.31 bits per heavy atom. The molecule has 1 aliphatic rings. The fourth-order valence-corrected chi connectivity index (χ4v) is 3.01. The van der Waals surface area contributed by atoms with E-state index in [9.17, 15) is 4.79 Å². The Kier molecular flexibility index (Phi) is 3.30. The van der Waals surface area contributed by atoms with Gasteiger partial charge in [0.1, 0.15) is 0 Å². The van der Waals surface area contributed by atoms with Crippen molar-refractivity contribution < 1.29 is 9.90 Å². The van der Waals surface area contributed by atoms with E-state index < -0.39 is 5.97 Å². The fraction of sp³-hybridized carbons (Fsp3) is 0.583. The van der Waals surface area contributed by atoms with Crippen molar-refractivity contribution >= 4 is 17.3 Å². The molecule has 0 bridgehead atoms. The lowest BCUT2D eigenvalue weighted by Crippen LogP contribution is -2.47. The first kappa shape index (κ1) is 11.6. The summed E-state index contributed by atoms with van der Waals surface area (Å²) in [7, 11) is 0. The van der Waals surface area contributed by atoms with Crippen LogP contribution in [0.15, 0.2) is 6.07 Å². The number of carboxylic acids is 1. The minimum Gasteiger partial charge on any atom is -0.481 e. The first-order valence-electron chi connectivity index (χ1n) is 5.60. The van der Waals surface area contributed by atoms with Gasteiger partial charge in [-0.1, -0.05) is 0 Å². The maximum Gasteiger partial charge on any atom is 0.308 e. The molecule has 0 radical (unpaired) electrons. The highest BCUT2D eigenvalue weighted by Crippen LogP contribution is 2.28. The zero-order chi connectivity index (χ0) is 11.7. The fourth-order valence-electron chi connectivity index (χ4n) is 2.01. The largest absolute Gasteiger partial charge is 0.481 e. The van der Waals surface area contributed by atoms with Gasteiger partial charge in [0, 0.05) is 22.3 Å². The van der Waals surface area contributed by atoms with Crippen LogP contribution in [0.2, 0.25) is 0 Å². The van der Waals surface area contributed by atoms with Crippen LogP contribution in [0.1, 0.15) is 28.2 Å². The Hall–Kier alpha value is -0.870. The van der Waals surface area contributed by atoms with Crippen LogP contribution in [0.4, 0.5) is 0 Å². The van der Waals surface area contributed by atoms with Gasteiger partial charge in [0.2, 0.25) is 0 Å². The number of carboxylic acid groups (broad SMARTS) is 1. The lowest BCUT2D eigenvalue weighted by atomic mass is 9.79. The standard InChI is InChI=1S/C12H17NO2S/c1-7-5-9(16-8(7)2)6-13-11-4-3-10(11)12(14)15/h5,10-11,13H,3-4,6H2,1-2H3,(H,14,15). The summed E-state index contributed by atoms with van der Waals surface area (Å²) in [6, 6.07) is 2.35. The van der Waals surface area contributed by atoms with Crippen molar-refractivity contribution in [2.45, 2.75) is 39.3 Å². The number of hydrogen-bond donors (Lipinski definition) is 2. The van der Waals surface area contributed by atoms with Crippen molar-refractivity contribution in [1.29, 1.82) is 0 Å². The first-order chi connectivity index (χ1) is 7.58. The molecule has 2 rings (SSSR count). The van der Waals surface area contributed by atoms with Crippen LogP contribution >= 0.6 is 11.3 Å². The average molecular weight is 239 g/mol. The molecule has 0 aromatic carbocycles. The number of carbonyl (C=O) groups is 1. The van der Waals surface area contributed by atoms with Gasteiger partial charge in [0.25, 0.3) is 0 Å². The third-order valence-corrected chi connectivity index (χ3v) is 4.50. The summed E-state index contributed by atoms with van der Waals surface area (Å²) in [5.41, 5.74) is 1.32. The van der Waals surface area contributed by atoms with Gasteiger partial charge in [-0.25, -0.2) is 0 Å². The molecule has 1 aliphatic carbocycles. The van der Waals surface area contributed by atoms with Crippen molar-refractivity contribution in [3.8, 4) is 0 Å². The minimum atomic E-state index is -0.665. The SMILES string of the molecule is Cc1cc(CNC2CCC2C(=O)O)sc1C. The molecule has 1 saturated carbocycles. The first-order valence-corrected chi connectivity index (χ1v) is 6.41. The second-order valence-electron chi connectivity index (χ2n) is 4.46. The van der Waals surface area contributed by atoms with Crippen LogP contribution in [0.5, 0.6) is 0 Å². The van der Waals surface area contributed by atoms with Crippen molar-refractivity contribution in [1.82, 2.24) is 5.32 Å². The lowest BCUT2D eigenvalue weighted by molar-refractivity contribution is -0.146. The Balaban J connectivity index is 1.86. The molecule has 1 aromatic rings. The predicted octanol–water partition coefficient (Wildman–Crippen LogP) is 2.32. The summed E-state index contributed by atoms with van der Waals surface area (Å²) in [5.74, 6) is -0.843. The van der Waals surface area contributed by atoms with Gasteiger partial charge in [0.05, 0.1) is 5.92 Å². The van der Waals surface area contributed by atoms with E-state index in [0.717, 1.165) is 19.4 Å². The van der Waals surface area contributed by atoms with Crippen LogP contribution < -0.4 is 5.32 Å². The molecule has 0 aliphatic heterocycles. The van der Waals surface area contributed by atoms with Gasteiger partial charge in [0.15, 0.2) is 0 Å². The van der Waals surface area contributed by atoms with Gasteiger partial charge in [-0.2, -0.15) is 0 Å². The Morgan fingerprint density at radius 3 is 2.75 bits per heavy atom. The van der Waals surface area contributed by atoms with Crippen LogP contribution in [-0.4, -0.2) is 17.1 Å². The molecular weight excluding hydrogens is 222 g/mol. The van der Waals surface area contributed by atoms with E-state index in [1.54, 1.807) is 11.3 Å². The van der Waals surface area contributed by atoms with E-state index in [1.807, 2.05) is 0 Å². The van der Waals surface area contributed by atoms with Crippen molar-refractivity contribution in [3.05, 3.63) is 21.4 Å². The number of thiophene rings is 1. The molecule has 2 atom stereocenters. The predicted molar refractivity (Wildman–Crippen MR) is 64.8 cm³/mol. The van der Waals surface area contributed by atoms with Gasteiger partial charge in [-0.3, -0.25) is 4.79 Å². The summed E-state index contributed by atoms with van der Waals surface area (Å²) >= 11 is 1.79. The smallest absolute Gasteiger partial charge is 0.308 e. The summed E-state index contributed by atoms with van der Waals surface area (Å²) in [4.78, 5) is 13.5. The number of aliphatic carboxylic acids is 1. The Bertz CT molecular complexity index is 380. The van der Waals surface area contributed by atoms with E-state index in [-0.39, 0.29) is 12.0 Å². The molecule has 4 heteroatoms. The number of nitrogens with one attached hydrogen (secondary N) is 1. The normalized spacial score (nSPS) is 24.1. The van der Waals surface area contributed by atoms with Crippen molar-refractivity contribution in [2.24, 2.45) is 5.92 Å². The van der Waals surface area contributed by atoms with Gasteiger partial charge < -0.3 is 10.4 Å². The van der Waals surface area contributed by atoms with Crippen molar-refractivity contribution in [2.75, 3.05) is 0 Å². The second-order valence-corrected chi connectivity index (χ2v) is 5.80. The summed E-state index contributed by atoms with van der Waals surface area (Å²) < 4.78 is 0. The third kappa shape index (κ3) is 2.28. The minimum absolute atomic E-state index is 0.167. The zero-order valence-electron chi connectivity index (χ0n) is 9.62. The number of rotatable bonds is 4. The Labute approximate surface area is 99.5 Å². The van der Waals surface area contributed by atoms with Gasteiger partial charge in [-0.15, -0.1) is 11.3 Å². The van der Waals surface area contributed by atoms with Crippen LogP contribution in [0.25, 0.3) is 0 Å². The summed E-state index contributed by atoms with van der Waals surface area (Å²) in [6.07, 6.45) is 1.80. The third-order valence-electron chi connectivity index (χ3n) is 3.35. The Morgan fingerprint density at radius 1 is 1.56 bits per heavy atom. The molecule has 3 nitrogen and oxygen atoms in total. The molecule has 0 amide bonds. The van der Waals surface area contributed by atoms with E-state index >= 15 is 0 Å². The van der Waals surface area contributed by atoms with Gasteiger partial charge in [-0.05, 0) is 38.3 Å². The molecule has 2 unspecified atom stereocenters. The molecule has 16 heavy (non-hydrogen) atoms. The molecule has 0 saturated heterocycles. The quantitative estimate of drug-likeness (QED) is 0.847. The summed E-state index contributed by atoms with van der Waals surface area (Å²) in [6.45, 7) is 5.03. The molecule has 88 valence electrons. The monoisotopic (exact) mass is 239 g/mol.